The minimum atomic E-state index is -1.10. The summed E-state index contributed by atoms with van der Waals surface area (Å²) in [6, 6.07) is 7.60. The number of hydrogen-bond acceptors (Lipinski definition) is 4. The number of rotatable bonds is 7. The Hall–Kier alpha value is -1.69. The van der Waals surface area contributed by atoms with E-state index in [1.54, 1.807) is 11.8 Å². The normalized spacial score (nSPS) is 20.6. The molecule has 1 heterocycles. The molecule has 0 spiro atoms. The molecule has 1 aliphatic heterocycles. The molecule has 1 aromatic rings. The number of amides is 1. The van der Waals surface area contributed by atoms with Crippen molar-refractivity contribution in [2.45, 2.75) is 31.7 Å². The van der Waals surface area contributed by atoms with Gasteiger partial charge in [-0.15, -0.1) is 0 Å². The summed E-state index contributed by atoms with van der Waals surface area (Å²) in [7, 11) is 0. The Balaban J connectivity index is 1.94. The van der Waals surface area contributed by atoms with Gasteiger partial charge < -0.3 is 15.2 Å². The SMILES string of the molecule is CCOc1ccccc1CCC(=O)NC1(C(=O)O)CCSC1. The third-order valence-electron chi connectivity index (χ3n) is 3.70. The molecule has 2 N–H and O–H groups in total. The molecule has 1 fully saturated rings. The zero-order valence-corrected chi connectivity index (χ0v) is 13.4. The fourth-order valence-electron chi connectivity index (χ4n) is 2.47. The Morgan fingerprint density at radius 1 is 1.41 bits per heavy atom. The quantitative estimate of drug-likeness (QED) is 0.803. The van der Waals surface area contributed by atoms with Crippen molar-refractivity contribution >= 4 is 23.6 Å². The van der Waals surface area contributed by atoms with E-state index in [9.17, 15) is 14.7 Å². The maximum Gasteiger partial charge on any atom is 0.330 e. The summed E-state index contributed by atoms with van der Waals surface area (Å²) in [5, 5.41) is 12.1. The van der Waals surface area contributed by atoms with Crippen molar-refractivity contribution in [1.29, 1.82) is 0 Å². The zero-order chi connectivity index (χ0) is 16.0. The predicted octanol–water partition coefficient (Wildman–Crippen LogP) is 2.09. The first-order valence-electron chi connectivity index (χ1n) is 7.40. The number of ether oxygens (including phenoxy) is 1. The molecule has 0 saturated carbocycles. The number of para-hydroxylation sites is 1. The van der Waals surface area contributed by atoms with Crippen molar-refractivity contribution in [3.8, 4) is 5.75 Å². The Morgan fingerprint density at radius 3 is 2.82 bits per heavy atom. The molecule has 120 valence electrons. The van der Waals surface area contributed by atoms with E-state index in [0.717, 1.165) is 17.1 Å². The van der Waals surface area contributed by atoms with Crippen LogP contribution in [0.5, 0.6) is 5.75 Å². The number of carboxylic acid groups (broad SMARTS) is 1. The average molecular weight is 323 g/mol. The van der Waals surface area contributed by atoms with Gasteiger partial charge in [0.1, 0.15) is 11.3 Å². The van der Waals surface area contributed by atoms with E-state index in [1.165, 1.54) is 0 Å². The molecule has 1 saturated heterocycles. The minimum absolute atomic E-state index is 0.226. The topological polar surface area (TPSA) is 75.6 Å². The summed E-state index contributed by atoms with van der Waals surface area (Å²) in [6.07, 6.45) is 1.27. The lowest BCUT2D eigenvalue weighted by molar-refractivity contribution is -0.146. The van der Waals surface area contributed by atoms with Crippen LogP contribution in [-0.2, 0) is 16.0 Å². The molecular weight excluding hydrogens is 302 g/mol. The van der Waals surface area contributed by atoms with Gasteiger partial charge in [0.25, 0.3) is 0 Å². The molecule has 2 rings (SSSR count). The molecule has 0 aromatic heterocycles. The van der Waals surface area contributed by atoms with Gasteiger partial charge in [-0.05, 0) is 37.1 Å². The first-order valence-corrected chi connectivity index (χ1v) is 8.56. The monoisotopic (exact) mass is 323 g/mol. The summed E-state index contributed by atoms with van der Waals surface area (Å²) >= 11 is 1.56. The summed E-state index contributed by atoms with van der Waals surface area (Å²) < 4.78 is 5.53. The number of carbonyl (C=O) groups excluding carboxylic acids is 1. The van der Waals surface area contributed by atoms with Gasteiger partial charge in [-0.2, -0.15) is 11.8 Å². The second kappa shape index (κ2) is 7.54. The van der Waals surface area contributed by atoms with Gasteiger partial charge in [-0.25, -0.2) is 4.79 Å². The molecule has 1 unspecified atom stereocenters. The lowest BCUT2D eigenvalue weighted by Crippen LogP contribution is -2.54. The van der Waals surface area contributed by atoms with Crippen LogP contribution in [0, 0.1) is 0 Å². The van der Waals surface area contributed by atoms with E-state index in [0.29, 0.717) is 25.2 Å². The lowest BCUT2D eigenvalue weighted by atomic mass is 9.98. The molecule has 5 nitrogen and oxygen atoms in total. The van der Waals surface area contributed by atoms with Crippen LogP contribution >= 0.6 is 11.8 Å². The van der Waals surface area contributed by atoms with Gasteiger partial charge in [0.15, 0.2) is 0 Å². The molecular formula is C16H21NO4S. The van der Waals surface area contributed by atoms with Crippen LogP contribution < -0.4 is 10.1 Å². The number of thioether (sulfide) groups is 1. The van der Waals surface area contributed by atoms with Crippen LogP contribution in [0.15, 0.2) is 24.3 Å². The first-order chi connectivity index (χ1) is 10.6. The van der Waals surface area contributed by atoms with Gasteiger partial charge in [-0.1, -0.05) is 18.2 Å². The van der Waals surface area contributed by atoms with Gasteiger partial charge >= 0.3 is 5.97 Å². The molecule has 6 heteroatoms. The van der Waals surface area contributed by atoms with Crippen molar-refractivity contribution < 1.29 is 19.4 Å². The van der Waals surface area contributed by atoms with Crippen LogP contribution in [0.4, 0.5) is 0 Å². The number of aryl methyl sites for hydroxylation is 1. The number of carbonyl (C=O) groups is 2. The van der Waals surface area contributed by atoms with Crippen molar-refractivity contribution in [3.63, 3.8) is 0 Å². The van der Waals surface area contributed by atoms with Crippen LogP contribution in [0.3, 0.4) is 0 Å². The van der Waals surface area contributed by atoms with Crippen molar-refractivity contribution in [2.75, 3.05) is 18.1 Å². The number of benzene rings is 1. The Morgan fingerprint density at radius 2 is 2.18 bits per heavy atom. The molecule has 0 bridgehead atoms. The van der Waals surface area contributed by atoms with Crippen LogP contribution in [0.1, 0.15) is 25.3 Å². The molecule has 22 heavy (non-hydrogen) atoms. The summed E-state index contributed by atoms with van der Waals surface area (Å²) in [4.78, 5) is 23.6. The third-order valence-corrected chi connectivity index (χ3v) is 4.89. The fraction of sp³-hybridized carbons (Fsp3) is 0.500. The number of carboxylic acids is 1. The van der Waals surface area contributed by atoms with E-state index in [4.69, 9.17) is 4.74 Å². The van der Waals surface area contributed by atoms with Crippen molar-refractivity contribution in [3.05, 3.63) is 29.8 Å². The fourth-order valence-corrected chi connectivity index (χ4v) is 3.80. The highest BCUT2D eigenvalue weighted by atomic mass is 32.2. The molecule has 1 aromatic carbocycles. The summed E-state index contributed by atoms with van der Waals surface area (Å²) in [5.41, 5.74) is -0.133. The summed E-state index contributed by atoms with van der Waals surface area (Å²) in [5.74, 6) is 0.808. The standard InChI is InChI=1S/C16H21NO4S/c1-2-21-13-6-4-3-5-12(13)7-8-14(18)17-16(15(19)20)9-10-22-11-16/h3-6H,2,7-11H2,1H3,(H,17,18)(H,19,20). The number of aliphatic carboxylic acids is 1. The Bertz CT molecular complexity index is 541. The number of hydrogen-bond donors (Lipinski definition) is 2. The van der Waals surface area contributed by atoms with Gasteiger partial charge in [0.2, 0.25) is 5.91 Å². The predicted molar refractivity (Wildman–Crippen MR) is 86.4 cm³/mol. The highest BCUT2D eigenvalue weighted by molar-refractivity contribution is 7.99. The highest BCUT2D eigenvalue weighted by Crippen LogP contribution is 2.28. The lowest BCUT2D eigenvalue weighted by Gasteiger charge is -2.24. The average Bonchev–Trinajstić information content (AvgIpc) is 2.96. The zero-order valence-electron chi connectivity index (χ0n) is 12.6. The smallest absolute Gasteiger partial charge is 0.330 e. The number of nitrogens with one attached hydrogen (secondary N) is 1. The van der Waals surface area contributed by atoms with Crippen LogP contribution in [0.25, 0.3) is 0 Å². The highest BCUT2D eigenvalue weighted by Gasteiger charge is 2.43. The molecule has 1 atom stereocenters. The van der Waals surface area contributed by atoms with Gasteiger partial charge in [-0.3, -0.25) is 4.79 Å². The minimum Gasteiger partial charge on any atom is -0.494 e. The Labute approximate surface area is 134 Å². The van der Waals surface area contributed by atoms with E-state index in [1.807, 2.05) is 31.2 Å². The van der Waals surface area contributed by atoms with Gasteiger partial charge in [0, 0.05) is 12.2 Å². The van der Waals surface area contributed by atoms with E-state index >= 15 is 0 Å². The third kappa shape index (κ3) is 3.94. The van der Waals surface area contributed by atoms with Crippen molar-refractivity contribution in [1.82, 2.24) is 5.32 Å². The molecule has 0 radical (unpaired) electrons. The largest absolute Gasteiger partial charge is 0.494 e. The second-order valence-electron chi connectivity index (χ2n) is 5.28. The van der Waals surface area contributed by atoms with Gasteiger partial charge in [0.05, 0.1) is 6.61 Å². The summed E-state index contributed by atoms with van der Waals surface area (Å²) in [6.45, 7) is 2.49. The van der Waals surface area contributed by atoms with Crippen LogP contribution in [-0.4, -0.2) is 40.6 Å². The van der Waals surface area contributed by atoms with E-state index < -0.39 is 11.5 Å². The molecule has 0 aliphatic carbocycles. The van der Waals surface area contributed by atoms with E-state index in [-0.39, 0.29) is 12.3 Å². The maximum absolute atomic E-state index is 12.1. The molecule has 1 aliphatic rings. The van der Waals surface area contributed by atoms with Crippen molar-refractivity contribution in [2.24, 2.45) is 0 Å². The maximum atomic E-state index is 12.1. The van der Waals surface area contributed by atoms with Crippen LogP contribution in [0.2, 0.25) is 0 Å². The second-order valence-corrected chi connectivity index (χ2v) is 6.38. The first kappa shape index (κ1) is 16.7. The Kier molecular flexibility index (Phi) is 5.71. The molecule has 1 amide bonds. The van der Waals surface area contributed by atoms with E-state index in [2.05, 4.69) is 5.32 Å².